The van der Waals surface area contributed by atoms with E-state index in [1.807, 2.05) is 11.3 Å². The zero-order chi connectivity index (χ0) is 18.3. The number of nitrogens with one attached hydrogen (secondary N) is 1. The molecule has 2 aromatic carbocycles. The van der Waals surface area contributed by atoms with Crippen LogP contribution in [0, 0.1) is 0 Å². The van der Waals surface area contributed by atoms with Crippen molar-refractivity contribution >= 4 is 38.4 Å². The first kappa shape index (κ1) is 17.4. The van der Waals surface area contributed by atoms with Gasteiger partial charge in [-0.2, -0.15) is 0 Å². The highest BCUT2D eigenvalue weighted by Crippen LogP contribution is 2.44. The maximum atomic E-state index is 3.76. The summed E-state index contributed by atoms with van der Waals surface area (Å²) in [4.78, 5) is 1.51. The molecule has 0 saturated carbocycles. The second-order valence-corrected chi connectivity index (χ2v) is 9.15. The molecule has 1 N–H and O–H groups in total. The van der Waals surface area contributed by atoms with Gasteiger partial charge in [-0.3, -0.25) is 0 Å². The number of benzene rings is 2. The largest absolute Gasteiger partial charge is 0.354 e. The Balaban J connectivity index is 1.83. The van der Waals surface area contributed by atoms with Crippen molar-refractivity contribution in [1.29, 1.82) is 0 Å². The third-order valence-corrected chi connectivity index (χ3v) is 6.64. The van der Waals surface area contributed by atoms with Gasteiger partial charge in [0.25, 0.3) is 0 Å². The van der Waals surface area contributed by atoms with Crippen LogP contribution in [-0.4, -0.2) is 0 Å². The first-order chi connectivity index (χ1) is 12.5. The van der Waals surface area contributed by atoms with E-state index in [-0.39, 0.29) is 5.41 Å². The quantitative estimate of drug-likeness (QED) is 0.504. The standard InChI is InChI=1S/C24H27NS/c1-5-16-10-8-11-17-18-12-9-15-21(23(18)26-22(16)17)25-20-14-7-6-13-19(20)24(2,3)4/h6-7,9-10,12-15,25H,5,8,11H2,1-4H3. The topological polar surface area (TPSA) is 12.0 Å². The molecule has 0 amide bonds. The van der Waals surface area contributed by atoms with Crippen LogP contribution in [0.5, 0.6) is 0 Å². The van der Waals surface area contributed by atoms with Gasteiger partial charge in [0.1, 0.15) is 0 Å². The molecular weight excluding hydrogens is 334 g/mol. The summed E-state index contributed by atoms with van der Waals surface area (Å²) in [6.07, 6.45) is 5.89. The fourth-order valence-electron chi connectivity index (χ4n) is 3.96. The molecule has 0 saturated heterocycles. The Morgan fingerprint density at radius 1 is 1.00 bits per heavy atom. The van der Waals surface area contributed by atoms with Crippen LogP contribution in [0.2, 0.25) is 0 Å². The highest BCUT2D eigenvalue weighted by Gasteiger charge is 2.21. The van der Waals surface area contributed by atoms with Crippen LogP contribution in [0.3, 0.4) is 0 Å². The Morgan fingerprint density at radius 3 is 2.54 bits per heavy atom. The summed E-state index contributed by atoms with van der Waals surface area (Å²) in [6, 6.07) is 15.4. The molecule has 0 fully saturated rings. The van der Waals surface area contributed by atoms with Crippen LogP contribution in [0.25, 0.3) is 15.7 Å². The lowest BCUT2D eigenvalue weighted by Crippen LogP contribution is -2.13. The zero-order valence-corrected chi connectivity index (χ0v) is 17.0. The van der Waals surface area contributed by atoms with E-state index in [2.05, 4.69) is 81.6 Å². The van der Waals surface area contributed by atoms with Crippen molar-refractivity contribution in [2.24, 2.45) is 0 Å². The fourth-order valence-corrected chi connectivity index (χ4v) is 5.38. The molecule has 2 heteroatoms. The van der Waals surface area contributed by atoms with Gasteiger partial charge in [-0.15, -0.1) is 11.3 Å². The average molecular weight is 362 g/mol. The molecule has 26 heavy (non-hydrogen) atoms. The van der Waals surface area contributed by atoms with Gasteiger partial charge in [0.05, 0.1) is 10.4 Å². The van der Waals surface area contributed by atoms with Crippen molar-refractivity contribution in [3.05, 3.63) is 64.5 Å². The Bertz CT molecular complexity index is 985. The molecule has 1 heterocycles. The number of allylic oxidation sites excluding steroid dienone is 2. The van der Waals surface area contributed by atoms with Crippen molar-refractivity contribution in [1.82, 2.24) is 0 Å². The van der Waals surface area contributed by atoms with E-state index in [4.69, 9.17) is 0 Å². The molecule has 0 unspecified atom stereocenters. The van der Waals surface area contributed by atoms with Gasteiger partial charge in [0, 0.05) is 10.6 Å². The van der Waals surface area contributed by atoms with E-state index in [9.17, 15) is 0 Å². The second-order valence-electron chi connectivity index (χ2n) is 8.13. The molecule has 3 aromatic rings. The smallest absolute Gasteiger partial charge is 0.0587 e. The summed E-state index contributed by atoms with van der Waals surface area (Å²) in [5.41, 5.74) is 6.99. The van der Waals surface area contributed by atoms with Gasteiger partial charge in [0.2, 0.25) is 0 Å². The number of fused-ring (bicyclic) bond motifs is 3. The number of aryl methyl sites for hydroxylation is 1. The number of para-hydroxylation sites is 1. The minimum Gasteiger partial charge on any atom is -0.354 e. The number of rotatable bonds is 3. The summed E-state index contributed by atoms with van der Waals surface area (Å²) in [5, 5.41) is 5.19. The van der Waals surface area contributed by atoms with Gasteiger partial charge in [-0.05, 0) is 58.9 Å². The summed E-state index contributed by atoms with van der Waals surface area (Å²) < 4.78 is 1.39. The zero-order valence-electron chi connectivity index (χ0n) is 16.1. The molecule has 1 aromatic heterocycles. The van der Waals surface area contributed by atoms with Crippen molar-refractivity contribution in [3.8, 4) is 0 Å². The van der Waals surface area contributed by atoms with Crippen molar-refractivity contribution in [3.63, 3.8) is 0 Å². The van der Waals surface area contributed by atoms with Crippen LogP contribution in [-0.2, 0) is 11.8 Å². The van der Waals surface area contributed by atoms with Gasteiger partial charge in [-0.1, -0.05) is 64.1 Å². The van der Waals surface area contributed by atoms with E-state index in [1.165, 1.54) is 50.3 Å². The van der Waals surface area contributed by atoms with Crippen LogP contribution < -0.4 is 5.32 Å². The molecule has 1 nitrogen and oxygen atoms in total. The average Bonchev–Trinajstić information content (AvgIpc) is 3.01. The van der Waals surface area contributed by atoms with Gasteiger partial charge >= 0.3 is 0 Å². The maximum Gasteiger partial charge on any atom is 0.0587 e. The number of hydrogen-bond donors (Lipinski definition) is 1. The fraction of sp³-hybridized carbons (Fsp3) is 0.333. The first-order valence-electron chi connectivity index (χ1n) is 9.59. The minimum absolute atomic E-state index is 0.115. The highest BCUT2D eigenvalue weighted by molar-refractivity contribution is 7.21. The monoisotopic (exact) mass is 361 g/mol. The SMILES string of the molecule is CCC1=CCCc2c1sc1c(Nc3ccccc3C(C)(C)C)cccc21. The molecule has 134 valence electrons. The molecule has 4 rings (SSSR count). The molecule has 0 atom stereocenters. The number of hydrogen-bond acceptors (Lipinski definition) is 2. The predicted octanol–water partition coefficient (Wildman–Crippen LogP) is 7.68. The van der Waals surface area contributed by atoms with Crippen molar-refractivity contribution in [2.45, 2.75) is 52.4 Å². The molecule has 0 bridgehead atoms. The lowest BCUT2D eigenvalue weighted by molar-refractivity contribution is 0.592. The third kappa shape index (κ3) is 2.97. The van der Waals surface area contributed by atoms with Crippen LogP contribution in [0.1, 0.15) is 56.5 Å². The Morgan fingerprint density at radius 2 is 1.77 bits per heavy atom. The van der Waals surface area contributed by atoms with Crippen molar-refractivity contribution in [2.75, 3.05) is 5.32 Å². The molecular formula is C24H27NS. The van der Waals surface area contributed by atoms with Crippen LogP contribution in [0.15, 0.2) is 48.5 Å². The Kier molecular flexibility index (Phi) is 4.40. The van der Waals surface area contributed by atoms with Crippen LogP contribution in [0.4, 0.5) is 11.4 Å². The first-order valence-corrected chi connectivity index (χ1v) is 10.4. The minimum atomic E-state index is 0.115. The van der Waals surface area contributed by atoms with E-state index in [0.29, 0.717) is 0 Å². The van der Waals surface area contributed by atoms with Gasteiger partial charge in [-0.25, -0.2) is 0 Å². The summed E-state index contributed by atoms with van der Waals surface area (Å²) in [5.74, 6) is 0. The highest BCUT2D eigenvalue weighted by atomic mass is 32.1. The van der Waals surface area contributed by atoms with E-state index in [0.717, 1.165) is 6.42 Å². The molecule has 1 aliphatic rings. The third-order valence-electron chi connectivity index (χ3n) is 5.28. The Labute approximate surface area is 160 Å². The summed E-state index contributed by atoms with van der Waals surface area (Å²) in [6.45, 7) is 9.09. The number of anilines is 2. The normalized spacial score (nSPS) is 14.2. The lowest BCUT2D eigenvalue weighted by atomic mass is 9.86. The Hall–Kier alpha value is -2.06. The van der Waals surface area contributed by atoms with Gasteiger partial charge in [0.15, 0.2) is 0 Å². The lowest BCUT2D eigenvalue weighted by Gasteiger charge is -2.23. The molecule has 0 aliphatic heterocycles. The van der Waals surface area contributed by atoms with E-state index >= 15 is 0 Å². The van der Waals surface area contributed by atoms with Gasteiger partial charge < -0.3 is 5.32 Å². The molecule has 0 spiro atoms. The van der Waals surface area contributed by atoms with Crippen LogP contribution >= 0.6 is 11.3 Å². The molecule has 0 radical (unpaired) electrons. The molecule has 1 aliphatic carbocycles. The second kappa shape index (κ2) is 6.59. The predicted molar refractivity (Wildman–Crippen MR) is 117 cm³/mol. The maximum absolute atomic E-state index is 3.76. The van der Waals surface area contributed by atoms with E-state index < -0.39 is 0 Å². The summed E-state index contributed by atoms with van der Waals surface area (Å²) >= 11 is 1.96. The number of thiophene rings is 1. The van der Waals surface area contributed by atoms with Crippen molar-refractivity contribution < 1.29 is 0 Å². The van der Waals surface area contributed by atoms with E-state index in [1.54, 1.807) is 5.56 Å². The summed E-state index contributed by atoms with van der Waals surface area (Å²) in [7, 11) is 0.